The molecule has 2 aromatic rings. The summed E-state index contributed by atoms with van der Waals surface area (Å²) in [6, 6.07) is 7.28. The van der Waals surface area contributed by atoms with Crippen molar-refractivity contribution in [2.75, 3.05) is 7.11 Å². The van der Waals surface area contributed by atoms with E-state index in [0.29, 0.717) is 0 Å². The number of aryl methyl sites for hydroxylation is 2. The number of hydrogen-bond acceptors (Lipinski definition) is 1. The zero-order valence-corrected chi connectivity index (χ0v) is 12.3. The molecule has 4 heteroatoms. The number of ether oxygens (including phenoxy) is 1. The van der Waals surface area contributed by atoms with E-state index in [0.717, 1.165) is 11.1 Å². The minimum Gasteiger partial charge on any atom is -1.00 e. The molecule has 16 heavy (non-hydrogen) atoms. The average molecular weight is 248 g/mol. The minimum atomic E-state index is 0. The molecule has 0 aliphatic carbocycles. The number of hydrogen-bond donors (Lipinski definition) is 0. The van der Waals surface area contributed by atoms with Crippen molar-refractivity contribution >= 4 is 34.0 Å². The minimum absolute atomic E-state index is 0. The smallest absolute Gasteiger partial charge is 1.00 e. The molecular formula is C12H14ClMgNO. The van der Waals surface area contributed by atoms with E-state index in [9.17, 15) is 0 Å². The number of aromatic nitrogens is 1. The predicted molar refractivity (Wildman–Crippen MR) is 63.5 cm³/mol. The molecule has 1 aromatic heterocycles. The molecule has 0 unspecified atom stereocenters. The summed E-state index contributed by atoms with van der Waals surface area (Å²) in [5.41, 5.74) is 3.77. The molecule has 0 spiro atoms. The molecule has 0 radical (unpaired) electrons. The van der Waals surface area contributed by atoms with Gasteiger partial charge in [-0.1, -0.05) is 19.1 Å². The zero-order chi connectivity index (χ0) is 10.3. The van der Waals surface area contributed by atoms with Gasteiger partial charge >= 0.3 is 23.1 Å². The van der Waals surface area contributed by atoms with Crippen LogP contribution < -0.4 is 17.1 Å². The maximum Gasteiger partial charge on any atom is 2.00 e. The molecular weight excluding hydrogens is 234 g/mol. The van der Waals surface area contributed by atoms with Crippen LogP contribution in [0.15, 0.2) is 12.1 Å². The van der Waals surface area contributed by atoms with Gasteiger partial charge in [-0.3, -0.25) is 0 Å². The van der Waals surface area contributed by atoms with Gasteiger partial charge in [-0.25, -0.2) is 0 Å². The second-order valence-corrected chi connectivity index (χ2v) is 3.56. The van der Waals surface area contributed by atoms with Gasteiger partial charge in [0.15, 0.2) is 0 Å². The molecule has 0 bridgehead atoms. The fraction of sp³-hybridized carbons (Fsp3) is 0.333. The second kappa shape index (κ2) is 5.80. The van der Waals surface area contributed by atoms with E-state index < -0.39 is 0 Å². The SMILES string of the molecule is COc1[c-]c2c(C)c(C)n(C)c2cc1.[Cl-].[Mg+2]. The van der Waals surface area contributed by atoms with E-state index >= 15 is 0 Å². The number of rotatable bonds is 1. The van der Waals surface area contributed by atoms with E-state index in [1.54, 1.807) is 7.11 Å². The first-order valence-corrected chi connectivity index (χ1v) is 4.67. The van der Waals surface area contributed by atoms with E-state index in [1.807, 2.05) is 6.07 Å². The van der Waals surface area contributed by atoms with Crippen molar-refractivity contribution in [3.63, 3.8) is 0 Å². The van der Waals surface area contributed by atoms with Gasteiger partial charge in [-0.2, -0.15) is 0 Å². The molecule has 2 nitrogen and oxygen atoms in total. The van der Waals surface area contributed by atoms with Gasteiger partial charge in [-0.05, 0) is 18.1 Å². The van der Waals surface area contributed by atoms with E-state index in [4.69, 9.17) is 4.74 Å². The molecule has 0 fully saturated rings. The summed E-state index contributed by atoms with van der Waals surface area (Å²) < 4.78 is 7.34. The van der Waals surface area contributed by atoms with Crippen molar-refractivity contribution in [2.45, 2.75) is 13.8 Å². The van der Waals surface area contributed by atoms with Crippen LogP contribution in [-0.2, 0) is 7.05 Å². The van der Waals surface area contributed by atoms with Crippen molar-refractivity contribution < 1.29 is 17.1 Å². The Bertz CT molecular complexity index is 493. The number of methoxy groups -OCH3 is 1. The monoisotopic (exact) mass is 247 g/mol. The van der Waals surface area contributed by atoms with Gasteiger partial charge in [0.05, 0.1) is 7.11 Å². The van der Waals surface area contributed by atoms with Crippen LogP contribution in [0.4, 0.5) is 0 Å². The van der Waals surface area contributed by atoms with Crippen LogP contribution in [0.2, 0.25) is 0 Å². The summed E-state index contributed by atoms with van der Waals surface area (Å²) in [6.07, 6.45) is 0. The van der Waals surface area contributed by atoms with Crippen molar-refractivity contribution in [2.24, 2.45) is 7.05 Å². The molecule has 0 atom stereocenters. The number of fused-ring (bicyclic) bond motifs is 1. The normalized spacial score (nSPS) is 9.50. The predicted octanol–water partition coefficient (Wildman–Crippen LogP) is -0.773. The molecule has 1 aromatic carbocycles. The van der Waals surface area contributed by atoms with Crippen LogP contribution in [0.1, 0.15) is 11.3 Å². The van der Waals surface area contributed by atoms with Crippen molar-refractivity contribution in [3.8, 4) is 5.75 Å². The average Bonchev–Trinajstić information content (AvgIpc) is 2.44. The summed E-state index contributed by atoms with van der Waals surface area (Å²) in [4.78, 5) is 0. The summed E-state index contributed by atoms with van der Waals surface area (Å²) >= 11 is 0. The Morgan fingerprint density at radius 1 is 1.25 bits per heavy atom. The largest absolute Gasteiger partial charge is 2.00 e. The van der Waals surface area contributed by atoms with Crippen molar-refractivity contribution in [3.05, 3.63) is 29.5 Å². The Morgan fingerprint density at radius 2 is 1.88 bits per heavy atom. The topological polar surface area (TPSA) is 14.2 Å². The Morgan fingerprint density at radius 3 is 2.44 bits per heavy atom. The Hall–Kier alpha value is -0.384. The fourth-order valence-electron chi connectivity index (χ4n) is 1.76. The van der Waals surface area contributed by atoms with Gasteiger partial charge in [0, 0.05) is 12.8 Å². The van der Waals surface area contributed by atoms with Crippen LogP contribution in [0, 0.1) is 19.9 Å². The summed E-state index contributed by atoms with van der Waals surface area (Å²) in [6.45, 7) is 4.24. The summed E-state index contributed by atoms with van der Waals surface area (Å²) in [5.74, 6) is 0.797. The first-order chi connectivity index (χ1) is 6.65. The summed E-state index contributed by atoms with van der Waals surface area (Å²) in [7, 11) is 3.74. The van der Waals surface area contributed by atoms with E-state index in [2.05, 4.69) is 37.6 Å². The molecule has 0 aliphatic heterocycles. The third-order valence-corrected chi connectivity index (χ3v) is 2.90. The van der Waals surface area contributed by atoms with Crippen LogP contribution in [-0.4, -0.2) is 34.7 Å². The maximum atomic E-state index is 5.16. The maximum absolute atomic E-state index is 5.16. The Balaban J connectivity index is 0.00000112. The van der Waals surface area contributed by atoms with E-state index in [1.165, 1.54) is 16.8 Å². The molecule has 82 valence electrons. The molecule has 0 amide bonds. The molecule has 0 saturated heterocycles. The second-order valence-electron chi connectivity index (χ2n) is 3.56. The van der Waals surface area contributed by atoms with Crippen molar-refractivity contribution in [1.29, 1.82) is 0 Å². The zero-order valence-electron chi connectivity index (χ0n) is 10.1. The number of nitrogens with zero attached hydrogens (tertiary/aromatic N) is 1. The summed E-state index contributed by atoms with van der Waals surface area (Å²) in [5, 5.41) is 1.16. The van der Waals surface area contributed by atoms with Crippen LogP contribution in [0.5, 0.6) is 5.75 Å². The van der Waals surface area contributed by atoms with Gasteiger partial charge in [0.25, 0.3) is 0 Å². The van der Waals surface area contributed by atoms with Crippen molar-refractivity contribution in [1.82, 2.24) is 4.57 Å². The van der Waals surface area contributed by atoms with Crippen LogP contribution >= 0.6 is 0 Å². The molecule has 0 N–H and O–H groups in total. The third kappa shape index (κ3) is 2.31. The first-order valence-electron chi connectivity index (χ1n) is 4.67. The van der Waals surface area contributed by atoms with Crippen LogP contribution in [0.3, 0.4) is 0 Å². The van der Waals surface area contributed by atoms with Gasteiger partial charge < -0.3 is 21.7 Å². The quantitative estimate of drug-likeness (QED) is 0.477. The molecule has 0 aliphatic rings. The first kappa shape index (κ1) is 15.6. The molecule has 0 saturated carbocycles. The van der Waals surface area contributed by atoms with Gasteiger partial charge in [-0.15, -0.1) is 17.0 Å². The molecule has 1 heterocycles. The number of benzene rings is 1. The van der Waals surface area contributed by atoms with Gasteiger partial charge in [0.1, 0.15) is 0 Å². The van der Waals surface area contributed by atoms with E-state index in [-0.39, 0.29) is 35.5 Å². The number of halogens is 1. The Labute approximate surface area is 119 Å². The molecule has 2 rings (SSSR count). The van der Waals surface area contributed by atoms with Crippen LogP contribution in [0.25, 0.3) is 10.9 Å². The third-order valence-electron chi connectivity index (χ3n) is 2.90. The fourth-order valence-corrected chi connectivity index (χ4v) is 1.76. The Kier molecular flexibility index (Phi) is 5.66. The van der Waals surface area contributed by atoms with Gasteiger partial charge in [0.2, 0.25) is 0 Å². The standard InChI is InChI=1S/C12H14NO.ClH.Mg/c1-8-9(2)13(3)12-6-5-10(14-4)7-11(8)12;;/h5-6H,1-4H3;1H;/q-1;;+2/p-1.